The second-order valence-corrected chi connectivity index (χ2v) is 5.98. The van der Waals surface area contributed by atoms with Crippen LogP contribution in [0.4, 0.5) is 4.79 Å². The molecule has 0 aromatic heterocycles. The Labute approximate surface area is 141 Å². The molecule has 0 radical (unpaired) electrons. The van der Waals surface area contributed by atoms with E-state index in [2.05, 4.69) is 21.2 Å². The van der Waals surface area contributed by atoms with Crippen molar-refractivity contribution >= 4 is 39.7 Å². The molecule has 1 atom stereocenters. The van der Waals surface area contributed by atoms with Gasteiger partial charge >= 0.3 is 17.8 Å². The second-order valence-electron chi connectivity index (χ2n) is 5.06. The van der Waals surface area contributed by atoms with Crippen LogP contribution in [0.15, 0.2) is 28.7 Å². The van der Waals surface area contributed by atoms with E-state index in [4.69, 9.17) is 0 Å². The van der Waals surface area contributed by atoms with Crippen LogP contribution < -0.4 is 5.32 Å². The maximum atomic E-state index is 12.0. The van der Waals surface area contributed by atoms with Gasteiger partial charge in [0.05, 0.1) is 6.04 Å². The molecule has 122 valence electrons. The van der Waals surface area contributed by atoms with E-state index in [0.717, 1.165) is 14.9 Å². The van der Waals surface area contributed by atoms with Gasteiger partial charge in [0, 0.05) is 11.0 Å². The van der Waals surface area contributed by atoms with E-state index in [1.54, 1.807) is 13.8 Å². The van der Waals surface area contributed by atoms with Gasteiger partial charge in [-0.1, -0.05) is 28.1 Å². The van der Waals surface area contributed by atoms with Gasteiger partial charge < -0.3 is 5.32 Å². The number of halogens is 1. The number of nitrogens with zero attached hydrogens (tertiary/aromatic N) is 2. The van der Waals surface area contributed by atoms with Gasteiger partial charge in [-0.05, 0) is 31.5 Å². The third kappa shape index (κ3) is 3.58. The van der Waals surface area contributed by atoms with Crippen molar-refractivity contribution in [3.63, 3.8) is 0 Å². The third-order valence-corrected chi connectivity index (χ3v) is 4.03. The molecule has 23 heavy (non-hydrogen) atoms. The molecule has 0 saturated carbocycles. The van der Waals surface area contributed by atoms with E-state index in [-0.39, 0.29) is 12.6 Å². The molecular formula is C15H16BrN3O4. The van der Waals surface area contributed by atoms with Crippen molar-refractivity contribution in [2.24, 2.45) is 0 Å². The maximum absolute atomic E-state index is 12.0. The predicted octanol–water partition coefficient (Wildman–Crippen LogP) is 1.44. The molecule has 1 aliphatic heterocycles. The van der Waals surface area contributed by atoms with Gasteiger partial charge in [0.15, 0.2) is 0 Å². The SMILES string of the molecule is CCN1C(=O)C(=O)N(CC(=O)N[C@@H](C)c2ccc(Br)cc2)C1=O. The summed E-state index contributed by atoms with van der Waals surface area (Å²) in [6.45, 7) is 3.00. The number of urea groups is 1. The molecule has 1 saturated heterocycles. The fraction of sp³-hybridized carbons (Fsp3) is 0.333. The monoisotopic (exact) mass is 381 g/mol. The number of imide groups is 2. The highest BCUT2D eigenvalue weighted by Gasteiger charge is 2.44. The topological polar surface area (TPSA) is 86.8 Å². The minimum absolute atomic E-state index is 0.0941. The average Bonchev–Trinajstić information content (AvgIpc) is 2.71. The molecule has 1 aromatic rings. The normalized spacial score (nSPS) is 16.0. The predicted molar refractivity (Wildman–Crippen MR) is 85.2 cm³/mol. The maximum Gasteiger partial charge on any atom is 0.334 e. The molecule has 0 bridgehead atoms. The van der Waals surface area contributed by atoms with Crippen LogP contribution in [0.3, 0.4) is 0 Å². The van der Waals surface area contributed by atoms with Crippen LogP contribution in [0.1, 0.15) is 25.5 Å². The molecule has 7 nitrogen and oxygen atoms in total. The van der Waals surface area contributed by atoms with Gasteiger partial charge in [-0.3, -0.25) is 19.3 Å². The van der Waals surface area contributed by atoms with Crippen molar-refractivity contribution in [3.05, 3.63) is 34.3 Å². The van der Waals surface area contributed by atoms with Gasteiger partial charge in [-0.2, -0.15) is 0 Å². The number of benzene rings is 1. The molecule has 8 heteroatoms. The summed E-state index contributed by atoms with van der Waals surface area (Å²) in [5.41, 5.74) is 0.881. The zero-order valence-electron chi connectivity index (χ0n) is 12.7. The van der Waals surface area contributed by atoms with Crippen molar-refractivity contribution in [1.82, 2.24) is 15.1 Å². The number of carbonyl (C=O) groups excluding carboxylic acids is 4. The number of rotatable bonds is 5. The van der Waals surface area contributed by atoms with E-state index in [0.29, 0.717) is 4.90 Å². The number of hydrogen-bond acceptors (Lipinski definition) is 4. The van der Waals surface area contributed by atoms with Gasteiger partial charge in [-0.25, -0.2) is 9.69 Å². The van der Waals surface area contributed by atoms with E-state index < -0.39 is 30.3 Å². The Bertz CT molecular complexity index is 659. The summed E-state index contributed by atoms with van der Waals surface area (Å²) in [5, 5.41) is 2.70. The summed E-state index contributed by atoms with van der Waals surface area (Å²) in [5.74, 6) is -2.37. The van der Waals surface area contributed by atoms with Crippen molar-refractivity contribution < 1.29 is 19.2 Å². The van der Waals surface area contributed by atoms with E-state index >= 15 is 0 Å². The molecular weight excluding hydrogens is 366 g/mol. The lowest BCUT2D eigenvalue weighted by molar-refractivity contribution is -0.144. The summed E-state index contributed by atoms with van der Waals surface area (Å²) in [4.78, 5) is 48.8. The Morgan fingerprint density at radius 1 is 1.13 bits per heavy atom. The van der Waals surface area contributed by atoms with Crippen LogP contribution in [-0.4, -0.2) is 46.6 Å². The van der Waals surface area contributed by atoms with Crippen molar-refractivity contribution in [1.29, 1.82) is 0 Å². The molecule has 1 aromatic carbocycles. The summed E-state index contributed by atoms with van der Waals surface area (Å²) < 4.78 is 0.922. The van der Waals surface area contributed by atoms with Gasteiger partial charge in [0.2, 0.25) is 5.91 Å². The lowest BCUT2D eigenvalue weighted by Gasteiger charge is -2.17. The van der Waals surface area contributed by atoms with Crippen LogP contribution in [-0.2, 0) is 14.4 Å². The Kier molecular flexibility index (Phi) is 5.15. The van der Waals surface area contributed by atoms with Crippen molar-refractivity contribution in [3.8, 4) is 0 Å². The molecule has 1 aliphatic rings. The first-order valence-electron chi connectivity index (χ1n) is 7.07. The molecule has 2 rings (SSSR count). The molecule has 1 heterocycles. The third-order valence-electron chi connectivity index (χ3n) is 3.50. The molecule has 1 fully saturated rings. The summed E-state index contributed by atoms with van der Waals surface area (Å²) in [7, 11) is 0. The molecule has 5 amide bonds. The van der Waals surface area contributed by atoms with E-state index in [9.17, 15) is 19.2 Å². The number of carbonyl (C=O) groups is 4. The highest BCUT2D eigenvalue weighted by atomic mass is 79.9. The van der Waals surface area contributed by atoms with Gasteiger partial charge in [-0.15, -0.1) is 0 Å². The Balaban J connectivity index is 1.99. The van der Waals surface area contributed by atoms with Crippen LogP contribution in [0.5, 0.6) is 0 Å². The number of hydrogen-bond donors (Lipinski definition) is 1. The number of amides is 5. The molecule has 1 N–H and O–H groups in total. The Morgan fingerprint density at radius 2 is 1.70 bits per heavy atom. The molecule has 0 aliphatic carbocycles. The minimum atomic E-state index is -0.969. The van der Waals surface area contributed by atoms with Crippen molar-refractivity contribution in [2.45, 2.75) is 19.9 Å². The fourth-order valence-corrected chi connectivity index (χ4v) is 2.50. The van der Waals surface area contributed by atoms with Crippen LogP contribution in [0.25, 0.3) is 0 Å². The zero-order valence-corrected chi connectivity index (χ0v) is 14.3. The summed E-state index contributed by atoms with van der Waals surface area (Å²) in [6.07, 6.45) is 0. The van der Waals surface area contributed by atoms with Crippen LogP contribution in [0, 0.1) is 0 Å². The zero-order chi connectivity index (χ0) is 17.1. The Morgan fingerprint density at radius 3 is 2.22 bits per heavy atom. The highest BCUT2D eigenvalue weighted by molar-refractivity contribution is 9.10. The lowest BCUT2D eigenvalue weighted by atomic mass is 10.1. The van der Waals surface area contributed by atoms with Gasteiger partial charge in [0.1, 0.15) is 6.54 Å². The standard InChI is InChI=1S/C15H16BrN3O4/c1-3-18-13(21)14(22)19(15(18)23)8-12(20)17-9(2)10-4-6-11(16)7-5-10/h4-7,9H,3,8H2,1-2H3,(H,17,20)/t9-/m0/s1. The smallest absolute Gasteiger partial charge is 0.334 e. The number of nitrogens with one attached hydrogen (secondary N) is 1. The molecule has 0 unspecified atom stereocenters. The quantitative estimate of drug-likeness (QED) is 0.617. The fourth-order valence-electron chi connectivity index (χ4n) is 2.23. The lowest BCUT2D eigenvalue weighted by Crippen LogP contribution is -2.42. The largest absolute Gasteiger partial charge is 0.348 e. The van der Waals surface area contributed by atoms with Gasteiger partial charge in [0.25, 0.3) is 0 Å². The van der Waals surface area contributed by atoms with Crippen LogP contribution >= 0.6 is 15.9 Å². The first-order valence-corrected chi connectivity index (χ1v) is 7.86. The van der Waals surface area contributed by atoms with Crippen molar-refractivity contribution in [2.75, 3.05) is 13.1 Å². The second kappa shape index (κ2) is 6.91. The van der Waals surface area contributed by atoms with E-state index in [1.165, 1.54) is 0 Å². The first-order chi connectivity index (χ1) is 10.8. The van der Waals surface area contributed by atoms with E-state index in [1.807, 2.05) is 24.3 Å². The highest BCUT2D eigenvalue weighted by Crippen LogP contribution is 2.17. The Hall–Kier alpha value is -2.22. The first kappa shape index (κ1) is 17.1. The summed E-state index contributed by atoms with van der Waals surface area (Å²) >= 11 is 3.33. The number of likely N-dealkylation sites (N-methyl/N-ethyl adjacent to an activating group) is 1. The summed E-state index contributed by atoms with van der Waals surface area (Å²) in [6, 6.07) is 6.36. The minimum Gasteiger partial charge on any atom is -0.348 e. The average molecular weight is 382 g/mol. The molecule has 0 spiro atoms. The van der Waals surface area contributed by atoms with Crippen LogP contribution in [0.2, 0.25) is 0 Å².